The number of hydrogen-bond donors (Lipinski definition) is 8. The number of carbonyl (C=O) groups is 5. The molecule has 4 amide bonds. The molecule has 1 aliphatic rings. The molecule has 158 valence electrons. The number of primary amides is 1. The van der Waals surface area contributed by atoms with Crippen LogP contribution in [0.5, 0.6) is 0 Å². The molecule has 0 aromatic carbocycles. The first-order valence-corrected chi connectivity index (χ1v) is 8.56. The van der Waals surface area contributed by atoms with Crippen LogP contribution in [0.3, 0.4) is 0 Å². The quantitative estimate of drug-likeness (QED) is 0.165. The van der Waals surface area contributed by atoms with Gasteiger partial charge in [-0.05, 0) is 19.4 Å². The molecular formula is C15H25N5O8. The van der Waals surface area contributed by atoms with Gasteiger partial charge in [-0.3, -0.25) is 19.2 Å². The van der Waals surface area contributed by atoms with Gasteiger partial charge in [0.1, 0.15) is 18.1 Å². The number of aliphatic hydroxyl groups excluding tert-OH is 2. The smallest absolute Gasteiger partial charge is 0.328 e. The lowest BCUT2D eigenvalue weighted by molar-refractivity contribution is -0.143. The Balaban J connectivity index is 2.76. The minimum Gasteiger partial charge on any atom is -0.480 e. The molecule has 0 aromatic rings. The van der Waals surface area contributed by atoms with Gasteiger partial charge in [-0.25, -0.2) is 4.79 Å². The zero-order valence-electron chi connectivity index (χ0n) is 15.0. The number of carboxylic acid groups (broad SMARTS) is 1. The van der Waals surface area contributed by atoms with Crippen LogP contribution in [0.1, 0.15) is 19.3 Å². The lowest BCUT2D eigenvalue weighted by Crippen LogP contribution is -2.58. The number of carbonyl (C=O) groups excluding carboxylic acids is 4. The van der Waals surface area contributed by atoms with Crippen LogP contribution in [-0.4, -0.2) is 88.8 Å². The molecule has 4 atom stereocenters. The summed E-state index contributed by atoms with van der Waals surface area (Å²) >= 11 is 0. The van der Waals surface area contributed by atoms with Crippen molar-refractivity contribution in [1.82, 2.24) is 21.3 Å². The fraction of sp³-hybridized carbons (Fsp3) is 0.667. The predicted molar refractivity (Wildman–Crippen MR) is 92.4 cm³/mol. The van der Waals surface area contributed by atoms with Crippen molar-refractivity contribution < 1.29 is 39.3 Å². The highest BCUT2D eigenvalue weighted by Gasteiger charge is 2.31. The van der Waals surface area contributed by atoms with E-state index >= 15 is 0 Å². The van der Waals surface area contributed by atoms with Crippen LogP contribution in [0.2, 0.25) is 0 Å². The fourth-order valence-electron chi connectivity index (χ4n) is 2.52. The number of carboxylic acids is 1. The first-order chi connectivity index (χ1) is 13.2. The van der Waals surface area contributed by atoms with E-state index in [1.54, 1.807) is 0 Å². The van der Waals surface area contributed by atoms with Crippen LogP contribution >= 0.6 is 0 Å². The Morgan fingerprint density at radius 3 is 2.00 bits per heavy atom. The molecule has 1 saturated heterocycles. The summed E-state index contributed by atoms with van der Waals surface area (Å²) in [6, 6.07) is -5.12. The molecule has 0 bridgehead atoms. The summed E-state index contributed by atoms with van der Waals surface area (Å²) in [5.41, 5.74) is 5.09. The summed E-state index contributed by atoms with van der Waals surface area (Å²) in [6.07, 6.45) is 0.779. The zero-order valence-corrected chi connectivity index (χ0v) is 15.0. The van der Waals surface area contributed by atoms with Crippen LogP contribution in [0.4, 0.5) is 0 Å². The van der Waals surface area contributed by atoms with E-state index in [-0.39, 0.29) is 0 Å². The van der Waals surface area contributed by atoms with Crippen molar-refractivity contribution in [3.63, 3.8) is 0 Å². The van der Waals surface area contributed by atoms with Gasteiger partial charge in [-0.1, -0.05) is 0 Å². The highest BCUT2D eigenvalue weighted by molar-refractivity contribution is 5.96. The third kappa shape index (κ3) is 7.09. The van der Waals surface area contributed by atoms with Gasteiger partial charge in [-0.15, -0.1) is 0 Å². The predicted octanol–water partition coefficient (Wildman–Crippen LogP) is -4.86. The molecular weight excluding hydrogens is 378 g/mol. The second-order valence-corrected chi connectivity index (χ2v) is 6.21. The van der Waals surface area contributed by atoms with E-state index in [0.29, 0.717) is 13.0 Å². The highest BCUT2D eigenvalue weighted by Crippen LogP contribution is 2.06. The van der Waals surface area contributed by atoms with E-state index in [2.05, 4.69) is 16.0 Å². The van der Waals surface area contributed by atoms with Gasteiger partial charge >= 0.3 is 5.97 Å². The lowest BCUT2D eigenvalue weighted by Gasteiger charge is -2.23. The molecule has 9 N–H and O–H groups in total. The molecule has 1 rings (SSSR count). The van der Waals surface area contributed by atoms with Gasteiger partial charge in [0.25, 0.3) is 0 Å². The number of nitrogens with two attached hydrogens (primary N) is 1. The molecule has 0 aromatic heterocycles. The molecule has 0 saturated carbocycles. The minimum atomic E-state index is -1.63. The molecule has 4 unspecified atom stereocenters. The Morgan fingerprint density at radius 1 is 0.964 bits per heavy atom. The molecule has 13 heteroatoms. The van der Waals surface area contributed by atoms with Crippen molar-refractivity contribution in [2.24, 2.45) is 5.73 Å². The van der Waals surface area contributed by atoms with Gasteiger partial charge in [0.15, 0.2) is 0 Å². The van der Waals surface area contributed by atoms with E-state index in [4.69, 9.17) is 15.9 Å². The SMILES string of the molecule is NC(=O)CC(NC(=O)C1CCCN1)C(=O)NC(CO)C(=O)NC(CO)C(=O)O. The van der Waals surface area contributed by atoms with Crippen molar-refractivity contribution in [2.45, 2.75) is 43.4 Å². The Hall–Kier alpha value is -2.77. The summed E-state index contributed by atoms with van der Waals surface area (Å²) in [4.78, 5) is 58.6. The number of hydrogen-bond acceptors (Lipinski definition) is 8. The molecule has 1 fully saturated rings. The Bertz CT molecular complexity index is 607. The number of aliphatic hydroxyl groups is 2. The second kappa shape index (κ2) is 11.2. The monoisotopic (exact) mass is 403 g/mol. The van der Waals surface area contributed by atoms with E-state index in [1.165, 1.54) is 0 Å². The summed E-state index contributed by atoms with van der Waals surface area (Å²) in [5, 5.41) is 36.4. The van der Waals surface area contributed by atoms with Crippen molar-refractivity contribution in [3.8, 4) is 0 Å². The average Bonchev–Trinajstić information content (AvgIpc) is 3.17. The lowest BCUT2D eigenvalue weighted by atomic mass is 10.1. The zero-order chi connectivity index (χ0) is 21.3. The number of aliphatic carboxylic acids is 1. The maximum Gasteiger partial charge on any atom is 0.328 e. The van der Waals surface area contributed by atoms with Crippen LogP contribution in [-0.2, 0) is 24.0 Å². The molecule has 0 spiro atoms. The number of nitrogens with one attached hydrogen (secondary N) is 4. The highest BCUT2D eigenvalue weighted by atomic mass is 16.4. The van der Waals surface area contributed by atoms with Crippen molar-refractivity contribution in [1.29, 1.82) is 0 Å². The standard InChI is InChI=1S/C15H25N5O8/c16-11(23)4-8(18-12(24)7-2-1-3-17-7)13(25)19-9(5-21)14(26)20-10(6-22)15(27)28/h7-10,17,21-22H,1-6H2,(H2,16,23)(H,18,24)(H,19,25)(H,20,26)(H,27,28). The Labute approximate surface area is 160 Å². The summed E-state index contributed by atoms with van der Waals surface area (Å²) in [6.45, 7) is -1.16. The summed E-state index contributed by atoms with van der Waals surface area (Å²) in [5.74, 6) is -4.94. The third-order valence-corrected chi connectivity index (χ3v) is 4.03. The molecule has 1 aliphatic heterocycles. The van der Waals surface area contributed by atoms with E-state index in [9.17, 15) is 29.1 Å². The Kier molecular flexibility index (Phi) is 9.27. The Morgan fingerprint density at radius 2 is 1.54 bits per heavy atom. The van der Waals surface area contributed by atoms with Gasteiger partial charge in [0, 0.05) is 0 Å². The number of rotatable bonds is 11. The van der Waals surface area contributed by atoms with Gasteiger partial charge in [0.2, 0.25) is 23.6 Å². The molecule has 13 nitrogen and oxygen atoms in total. The fourth-order valence-corrected chi connectivity index (χ4v) is 2.52. The van der Waals surface area contributed by atoms with Crippen LogP contribution in [0, 0.1) is 0 Å². The second-order valence-electron chi connectivity index (χ2n) is 6.21. The molecule has 28 heavy (non-hydrogen) atoms. The van der Waals surface area contributed by atoms with Gasteiger partial charge in [-0.2, -0.15) is 0 Å². The summed E-state index contributed by atoms with van der Waals surface area (Å²) < 4.78 is 0. The maximum atomic E-state index is 12.4. The van der Waals surface area contributed by atoms with Crippen molar-refractivity contribution >= 4 is 29.6 Å². The van der Waals surface area contributed by atoms with Crippen LogP contribution in [0.25, 0.3) is 0 Å². The average molecular weight is 403 g/mol. The van der Waals surface area contributed by atoms with Crippen LogP contribution in [0.15, 0.2) is 0 Å². The van der Waals surface area contributed by atoms with Gasteiger partial charge < -0.3 is 42.3 Å². The maximum absolute atomic E-state index is 12.4. The van der Waals surface area contributed by atoms with Gasteiger partial charge in [0.05, 0.1) is 25.7 Å². The van der Waals surface area contributed by atoms with Crippen LogP contribution < -0.4 is 27.0 Å². The van der Waals surface area contributed by atoms with Crippen molar-refractivity contribution in [2.75, 3.05) is 19.8 Å². The van der Waals surface area contributed by atoms with E-state index in [0.717, 1.165) is 6.42 Å². The van der Waals surface area contributed by atoms with E-state index < -0.39 is 73.4 Å². The summed E-state index contributed by atoms with van der Waals surface area (Å²) in [7, 11) is 0. The normalized spacial score (nSPS) is 19.1. The first-order valence-electron chi connectivity index (χ1n) is 8.56. The molecule has 1 heterocycles. The van der Waals surface area contributed by atoms with Crippen molar-refractivity contribution in [3.05, 3.63) is 0 Å². The third-order valence-electron chi connectivity index (χ3n) is 4.03. The first kappa shape index (κ1) is 23.3. The topological polar surface area (TPSA) is 220 Å². The number of amides is 4. The molecule has 0 aliphatic carbocycles. The molecule has 0 radical (unpaired) electrons. The van der Waals surface area contributed by atoms with E-state index in [1.807, 2.05) is 5.32 Å². The minimum absolute atomic E-state index is 0.518. The largest absolute Gasteiger partial charge is 0.480 e.